The summed E-state index contributed by atoms with van der Waals surface area (Å²) in [7, 11) is 0. The molecule has 5 heteroatoms. The molecule has 0 saturated carbocycles. The van der Waals surface area contributed by atoms with Gasteiger partial charge in [0.05, 0.1) is 24.4 Å². The Bertz CT molecular complexity index is 333. The largest absolute Gasteiger partial charge is 0.390 e. The maximum absolute atomic E-state index is 10.8. The fraction of sp³-hybridized carbons (Fsp3) is 1.00. The van der Waals surface area contributed by atoms with Crippen molar-refractivity contribution in [1.82, 2.24) is 4.90 Å². The summed E-state index contributed by atoms with van der Waals surface area (Å²) in [6, 6.07) is 0. The van der Waals surface area contributed by atoms with Crippen LogP contribution < -0.4 is 0 Å². The van der Waals surface area contributed by atoms with Crippen LogP contribution in [0.15, 0.2) is 0 Å². The number of rotatable bonds is 4. The van der Waals surface area contributed by atoms with E-state index in [4.69, 9.17) is 9.47 Å². The van der Waals surface area contributed by atoms with Gasteiger partial charge >= 0.3 is 0 Å². The maximum atomic E-state index is 10.8. The summed E-state index contributed by atoms with van der Waals surface area (Å²) < 4.78 is 12.0. The molecule has 3 rings (SSSR count). The van der Waals surface area contributed by atoms with E-state index < -0.39 is 0 Å². The first-order valence-corrected chi connectivity index (χ1v) is 9.62. The van der Waals surface area contributed by atoms with E-state index in [-0.39, 0.29) is 17.8 Å². The van der Waals surface area contributed by atoms with E-state index >= 15 is 0 Å². The Hall–Kier alpha value is 0.190. The van der Waals surface area contributed by atoms with Crippen molar-refractivity contribution < 1.29 is 14.6 Å². The monoisotopic (exact) mass is 315 g/mol. The molecule has 0 aromatic heterocycles. The van der Waals surface area contributed by atoms with E-state index in [9.17, 15) is 5.11 Å². The Balaban J connectivity index is 1.57. The second-order valence-corrected chi connectivity index (χ2v) is 7.89. The van der Waals surface area contributed by atoms with Gasteiger partial charge in [-0.2, -0.15) is 11.8 Å². The number of morpholine rings is 1. The molecule has 1 spiro atoms. The molecule has 4 unspecified atom stereocenters. The van der Waals surface area contributed by atoms with Crippen molar-refractivity contribution in [2.75, 3.05) is 44.4 Å². The zero-order valence-corrected chi connectivity index (χ0v) is 13.9. The Morgan fingerprint density at radius 3 is 3.10 bits per heavy atom. The maximum Gasteiger partial charge on any atom is 0.0963 e. The molecule has 3 heterocycles. The van der Waals surface area contributed by atoms with Crippen LogP contribution in [0.1, 0.15) is 32.6 Å². The lowest BCUT2D eigenvalue weighted by Gasteiger charge is -2.43. The third-order valence-corrected chi connectivity index (χ3v) is 6.40. The highest BCUT2D eigenvalue weighted by Crippen LogP contribution is 2.42. The van der Waals surface area contributed by atoms with Crippen molar-refractivity contribution in [3.63, 3.8) is 0 Å². The topological polar surface area (TPSA) is 41.9 Å². The van der Waals surface area contributed by atoms with Crippen molar-refractivity contribution >= 4 is 11.8 Å². The van der Waals surface area contributed by atoms with Crippen molar-refractivity contribution in [2.24, 2.45) is 5.92 Å². The zero-order valence-electron chi connectivity index (χ0n) is 13.1. The first-order chi connectivity index (χ1) is 10.2. The first kappa shape index (κ1) is 16.1. The molecule has 21 heavy (non-hydrogen) atoms. The average Bonchev–Trinajstić information content (AvgIpc) is 2.95. The number of hydrogen-bond acceptors (Lipinski definition) is 5. The lowest BCUT2D eigenvalue weighted by atomic mass is 9.80. The first-order valence-electron chi connectivity index (χ1n) is 8.46. The van der Waals surface area contributed by atoms with E-state index in [2.05, 4.69) is 11.8 Å². The molecule has 4 nitrogen and oxygen atoms in total. The predicted molar refractivity (Wildman–Crippen MR) is 85.8 cm³/mol. The Morgan fingerprint density at radius 2 is 2.33 bits per heavy atom. The van der Waals surface area contributed by atoms with Crippen LogP contribution in [-0.4, -0.2) is 72.2 Å². The molecule has 3 fully saturated rings. The molecular weight excluding hydrogens is 286 g/mol. The molecule has 1 N–H and O–H groups in total. The van der Waals surface area contributed by atoms with Gasteiger partial charge in [0, 0.05) is 25.4 Å². The number of hydrogen-bond donors (Lipinski definition) is 1. The Kier molecular flexibility index (Phi) is 5.49. The second kappa shape index (κ2) is 7.18. The summed E-state index contributed by atoms with van der Waals surface area (Å²) in [5.74, 6) is 2.64. The lowest BCUT2D eigenvalue weighted by molar-refractivity contribution is -0.145. The molecule has 4 atom stereocenters. The highest BCUT2D eigenvalue weighted by atomic mass is 32.2. The standard InChI is InChI=1S/C16H29NO3S/c1-2-5-17-6-8-19-14(11-17)15(18)13-3-7-20-16(10-13)4-9-21-12-16/h13-15,18H,2-12H2,1H3. The van der Waals surface area contributed by atoms with Crippen molar-refractivity contribution in [1.29, 1.82) is 0 Å². The summed E-state index contributed by atoms with van der Waals surface area (Å²) in [4.78, 5) is 2.43. The molecule has 0 radical (unpaired) electrons. The minimum Gasteiger partial charge on any atom is -0.390 e. The lowest BCUT2D eigenvalue weighted by Crippen LogP contribution is -2.52. The summed E-state index contributed by atoms with van der Waals surface area (Å²) in [5.41, 5.74) is 0.0480. The molecule has 3 aliphatic rings. The van der Waals surface area contributed by atoms with E-state index in [1.807, 2.05) is 11.8 Å². The third kappa shape index (κ3) is 3.75. The van der Waals surface area contributed by atoms with Crippen LogP contribution in [0, 0.1) is 5.92 Å². The van der Waals surface area contributed by atoms with Gasteiger partial charge in [-0.15, -0.1) is 0 Å². The molecular formula is C16H29NO3S. The van der Waals surface area contributed by atoms with Crippen LogP contribution in [0.25, 0.3) is 0 Å². The molecule has 0 aliphatic carbocycles. The van der Waals surface area contributed by atoms with Gasteiger partial charge in [0.25, 0.3) is 0 Å². The summed E-state index contributed by atoms with van der Waals surface area (Å²) in [6.45, 7) is 6.76. The van der Waals surface area contributed by atoms with Crippen molar-refractivity contribution in [3.8, 4) is 0 Å². The average molecular weight is 315 g/mol. The van der Waals surface area contributed by atoms with Gasteiger partial charge in [0.15, 0.2) is 0 Å². The van der Waals surface area contributed by atoms with Gasteiger partial charge in [-0.05, 0) is 43.9 Å². The third-order valence-electron chi connectivity index (χ3n) is 5.18. The fourth-order valence-corrected chi connectivity index (χ4v) is 5.36. The molecule has 3 saturated heterocycles. The molecule has 0 bridgehead atoms. The molecule has 0 aromatic carbocycles. The number of thioether (sulfide) groups is 1. The van der Waals surface area contributed by atoms with Gasteiger partial charge in [-0.3, -0.25) is 4.90 Å². The SMILES string of the molecule is CCCN1CCOC(C(O)C2CCOC3(CCSC3)C2)C1. The van der Waals surface area contributed by atoms with Crippen molar-refractivity contribution in [3.05, 3.63) is 0 Å². The van der Waals surface area contributed by atoms with E-state index in [1.165, 1.54) is 12.2 Å². The molecule has 0 aromatic rings. The zero-order chi connectivity index (χ0) is 14.7. The minimum atomic E-state index is -0.337. The van der Waals surface area contributed by atoms with Gasteiger partial charge in [0.1, 0.15) is 0 Å². The number of nitrogens with zero attached hydrogens (tertiary/aromatic N) is 1. The van der Waals surface area contributed by atoms with Gasteiger partial charge in [-0.25, -0.2) is 0 Å². The number of aliphatic hydroxyl groups excluding tert-OH is 1. The van der Waals surface area contributed by atoms with Crippen LogP contribution in [0.5, 0.6) is 0 Å². The number of ether oxygens (including phenoxy) is 2. The number of aliphatic hydroxyl groups is 1. The second-order valence-electron chi connectivity index (χ2n) is 6.79. The molecule has 3 aliphatic heterocycles. The highest BCUT2D eigenvalue weighted by Gasteiger charge is 2.44. The predicted octanol–water partition coefficient (Wildman–Crippen LogP) is 1.76. The fourth-order valence-electron chi connectivity index (χ4n) is 3.98. The van der Waals surface area contributed by atoms with Crippen molar-refractivity contribution in [2.45, 2.75) is 50.4 Å². The van der Waals surface area contributed by atoms with Crippen LogP contribution in [0.2, 0.25) is 0 Å². The summed E-state index contributed by atoms with van der Waals surface area (Å²) in [6.07, 6.45) is 3.95. The Morgan fingerprint density at radius 1 is 1.43 bits per heavy atom. The normalized spacial score (nSPS) is 39.7. The van der Waals surface area contributed by atoms with Crippen LogP contribution in [0.4, 0.5) is 0 Å². The van der Waals surface area contributed by atoms with E-state index in [1.54, 1.807) is 0 Å². The van der Waals surface area contributed by atoms with Gasteiger partial charge < -0.3 is 14.6 Å². The van der Waals surface area contributed by atoms with Crippen LogP contribution in [0.3, 0.4) is 0 Å². The molecule has 122 valence electrons. The summed E-state index contributed by atoms with van der Waals surface area (Å²) >= 11 is 1.99. The summed E-state index contributed by atoms with van der Waals surface area (Å²) in [5, 5.41) is 10.8. The quantitative estimate of drug-likeness (QED) is 0.856. The smallest absolute Gasteiger partial charge is 0.0963 e. The van der Waals surface area contributed by atoms with Gasteiger partial charge in [-0.1, -0.05) is 6.92 Å². The van der Waals surface area contributed by atoms with E-state index in [0.717, 1.165) is 57.9 Å². The van der Waals surface area contributed by atoms with Crippen LogP contribution in [-0.2, 0) is 9.47 Å². The minimum absolute atomic E-state index is 0.0143. The highest BCUT2D eigenvalue weighted by molar-refractivity contribution is 7.99. The van der Waals surface area contributed by atoms with E-state index in [0.29, 0.717) is 5.92 Å². The van der Waals surface area contributed by atoms with Gasteiger partial charge in [0.2, 0.25) is 0 Å². The molecule has 0 amide bonds. The van der Waals surface area contributed by atoms with Crippen LogP contribution >= 0.6 is 11.8 Å². The Labute approximate surface area is 132 Å².